The van der Waals surface area contributed by atoms with Gasteiger partial charge in [-0.2, -0.15) is 0 Å². The summed E-state index contributed by atoms with van der Waals surface area (Å²) in [5.41, 5.74) is 1.54. The molecule has 6 nitrogen and oxygen atoms in total. The number of ether oxygens (including phenoxy) is 1. The molecule has 0 saturated heterocycles. The van der Waals surface area contributed by atoms with Crippen molar-refractivity contribution in [2.45, 2.75) is 12.8 Å². The Morgan fingerprint density at radius 2 is 1.48 bits per heavy atom. The van der Waals surface area contributed by atoms with Gasteiger partial charge in [0.05, 0.1) is 20.0 Å². The molecular weight excluding hydrogens is 432 g/mol. The minimum Gasteiger partial charge on any atom is -0.481 e. The third kappa shape index (κ3) is 8.41. The number of hydrogen-bond acceptors (Lipinski definition) is 5. The average Bonchev–Trinajstić information content (AvgIpc) is 2.47. The van der Waals surface area contributed by atoms with Crippen LogP contribution in [-0.2, 0) is 27.2 Å². The number of aromatic nitrogens is 2. The fourth-order valence-electron chi connectivity index (χ4n) is 1.52. The van der Waals surface area contributed by atoms with Crippen molar-refractivity contribution in [2.24, 2.45) is 0 Å². The predicted molar refractivity (Wildman–Crippen MR) is 90.9 cm³/mol. The number of hydrogen-bond donors (Lipinski definition) is 1. The van der Waals surface area contributed by atoms with Crippen molar-refractivity contribution in [1.29, 1.82) is 0 Å². The smallest absolute Gasteiger partial charge is 0.310 e. The standard InChI is InChI=1S/C8H8BrNO2.C7H6BrNO2/c1-12-8(11)3-6-2-7(9)5-10-4-6;8-6-1-5(2-7(10)11)3-9-4-6/h2,4-5H,3H2,1H3;1,3-4H,2H2,(H,10,11). The molecule has 0 fully saturated rings. The van der Waals surface area contributed by atoms with Crippen LogP contribution in [0.15, 0.2) is 45.9 Å². The SMILES string of the molecule is COC(=O)Cc1cncc(Br)c1.O=C(O)Cc1cncc(Br)c1. The summed E-state index contributed by atoms with van der Waals surface area (Å²) in [6, 6.07) is 3.57. The molecule has 23 heavy (non-hydrogen) atoms. The lowest BCUT2D eigenvalue weighted by Gasteiger charge is -1.98. The van der Waals surface area contributed by atoms with Gasteiger partial charge in [0.2, 0.25) is 0 Å². The minimum atomic E-state index is -0.843. The summed E-state index contributed by atoms with van der Waals surface area (Å²) in [6.07, 6.45) is 6.75. The number of pyridine rings is 2. The highest BCUT2D eigenvalue weighted by Crippen LogP contribution is 2.10. The number of carboxylic acids is 1. The molecule has 0 aliphatic rings. The summed E-state index contributed by atoms with van der Waals surface area (Å²) < 4.78 is 6.18. The first-order chi connectivity index (χ1) is 10.9. The molecule has 0 aromatic carbocycles. The van der Waals surface area contributed by atoms with Crippen LogP contribution in [0.5, 0.6) is 0 Å². The molecule has 2 rings (SSSR count). The fourth-order valence-corrected chi connectivity index (χ4v) is 2.34. The quantitative estimate of drug-likeness (QED) is 0.727. The first-order valence-electron chi connectivity index (χ1n) is 6.38. The van der Waals surface area contributed by atoms with Gasteiger partial charge in [0.15, 0.2) is 0 Å². The Bertz CT molecular complexity index is 680. The Morgan fingerprint density at radius 3 is 1.87 bits per heavy atom. The number of nitrogens with zero attached hydrogens (tertiary/aromatic N) is 2. The molecule has 8 heteroatoms. The van der Waals surface area contributed by atoms with E-state index in [1.807, 2.05) is 6.07 Å². The van der Waals surface area contributed by atoms with Gasteiger partial charge in [-0.1, -0.05) is 0 Å². The molecule has 0 radical (unpaired) electrons. The lowest BCUT2D eigenvalue weighted by molar-refractivity contribution is -0.140. The van der Waals surface area contributed by atoms with Crippen LogP contribution in [0.4, 0.5) is 0 Å². The van der Waals surface area contributed by atoms with Gasteiger partial charge in [-0.15, -0.1) is 0 Å². The number of esters is 1. The first-order valence-corrected chi connectivity index (χ1v) is 7.96. The molecule has 0 unspecified atom stereocenters. The van der Waals surface area contributed by atoms with Gasteiger partial charge in [0, 0.05) is 33.7 Å². The van der Waals surface area contributed by atoms with Gasteiger partial charge >= 0.3 is 11.9 Å². The van der Waals surface area contributed by atoms with E-state index in [1.165, 1.54) is 7.11 Å². The molecule has 0 aliphatic carbocycles. The molecule has 0 amide bonds. The van der Waals surface area contributed by atoms with Crippen molar-refractivity contribution >= 4 is 43.8 Å². The lowest BCUT2D eigenvalue weighted by atomic mass is 10.2. The van der Waals surface area contributed by atoms with Gasteiger partial charge in [0.25, 0.3) is 0 Å². The van der Waals surface area contributed by atoms with Crippen LogP contribution in [0.3, 0.4) is 0 Å². The Kier molecular flexibility index (Phi) is 8.42. The number of carbonyl (C=O) groups excluding carboxylic acids is 1. The largest absolute Gasteiger partial charge is 0.481 e. The zero-order chi connectivity index (χ0) is 17.2. The number of carboxylic acid groups (broad SMARTS) is 1. The van der Waals surface area contributed by atoms with Crippen molar-refractivity contribution < 1.29 is 19.4 Å². The van der Waals surface area contributed by atoms with Gasteiger partial charge in [-0.05, 0) is 55.1 Å². The van der Waals surface area contributed by atoms with Crippen LogP contribution in [-0.4, -0.2) is 34.1 Å². The Morgan fingerprint density at radius 1 is 1.00 bits per heavy atom. The molecular formula is C15H14Br2N2O4. The molecule has 2 heterocycles. The van der Waals surface area contributed by atoms with E-state index in [0.29, 0.717) is 5.56 Å². The summed E-state index contributed by atoms with van der Waals surface area (Å²) in [5, 5.41) is 8.41. The van der Waals surface area contributed by atoms with Gasteiger partial charge in [-0.25, -0.2) is 0 Å². The van der Waals surface area contributed by atoms with Gasteiger partial charge in [0.1, 0.15) is 0 Å². The number of methoxy groups -OCH3 is 1. The minimum absolute atomic E-state index is 0.0203. The second kappa shape index (κ2) is 10.1. The summed E-state index contributed by atoms with van der Waals surface area (Å²) in [5.74, 6) is -1.10. The lowest BCUT2D eigenvalue weighted by Crippen LogP contribution is -2.04. The highest BCUT2D eigenvalue weighted by Gasteiger charge is 2.02. The summed E-state index contributed by atoms with van der Waals surface area (Å²) in [4.78, 5) is 28.8. The Labute approximate surface area is 150 Å². The predicted octanol–water partition coefficient (Wildman–Crippen LogP) is 3.03. The maximum absolute atomic E-state index is 10.8. The van der Waals surface area contributed by atoms with E-state index in [1.54, 1.807) is 30.9 Å². The van der Waals surface area contributed by atoms with Crippen molar-refractivity contribution in [3.8, 4) is 0 Å². The zero-order valence-electron chi connectivity index (χ0n) is 12.2. The average molecular weight is 446 g/mol. The molecule has 0 spiro atoms. The molecule has 2 aromatic rings. The highest BCUT2D eigenvalue weighted by molar-refractivity contribution is 9.10. The van der Waals surface area contributed by atoms with E-state index in [2.05, 4.69) is 46.6 Å². The third-order valence-electron chi connectivity index (χ3n) is 2.45. The van der Waals surface area contributed by atoms with Crippen LogP contribution in [0.2, 0.25) is 0 Å². The molecule has 1 N–H and O–H groups in total. The number of halogens is 2. The van der Waals surface area contributed by atoms with Crippen LogP contribution in [0.25, 0.3) is 0 Å². The molecule has 0 atom stereocenters. The maximum atomic E-state index is 10.8. The van der Waals surface area contributed by atoms with E-state index in [-0.39, 0.29) is 18.8 Å². The van der Waals surface area contributed by atoms with Crippen LogP contribution >= 0.6 is 31.9 Å². The second-order valence-corrected chi connectivity index (χ2v) is 6.18. The molecule has 0 aliphatic heterocycles. The number of rotatable bonds is 4. The Balaban J connectivity index is 0.000000231. The van der Waals surface area contributed by atoms with E-state index < -0.39 is 5.97 Å². The molecule has 0 saturated carbocycles. The van der Waals surface area contributed by atoms with E-state index in [4.69, 9.17) is 5.11 Å². The van der Waals surface area contributed by atoms with Crippen molar-refractivity contribution in [3.63, 3.8) is 0 Å². The van der Waals surface area contributed by atoms with E-state index in [0.717, 1.165) is 14.5 Å². The van der Waals surface area contributed by atoms with E-state index >= 15 is 0 Å². The first kappa shape index (κ1) is 19.2. The van der Waals surface area contributed by atoms with Crippen molar-refractivity contribution in [3.05, 3.63) is 57.0 Å². The zero-order valence-corrected chi connectivity index (χ0v) is 15.4. The normalized spacial score (nSPS) is 9.52. The van der Waals surface area contributed by atoms with Crippen LogP contribution < -0.4 is 0 Å². The highest BCUT2D eigenvalue weighted by atomic mass is 79.9. The second-order valence-electron chi connectivity index (χ2n) is 4.35. The maximum Gasteiger partial charge on any atom is 0.310 e. The number of aliphatic carboxylic acids is 1. The monoisotopic (exact) mass is 444 g/mol. The number of carbonyl (C=O) groups is 2. The van der Waals surface area contributed by atoms with Crippen LogP contribution in [0, 0.1) is 0 Å². The Hall–Kier alpha value is -1.80. The van der Waals surface area contributed by atoms with Crippen molar-refractivity contribution in [2.75, 3.05) is 7.11 Å². The summed E-state index contributed by atoms with van der Waals surface area (Å²) in [7, 11) is 1.37. The summed E-state index contributed by atoms with van der Waals surface area (Å²) in [6.45, 7) is 0. The van der Waals surface area contributed by atoms with Gasteiger partial charge < -0.3 is 9.84 Å². The topological polar surface area (TPSA) is 89.4 Å². The third-order valence-corrected chi connectivity index (χ3v) is 3.32. The molecule has 122 valence electrons. The van der Waals surface area contributed by atoms with Gasteiger partial charge in [-0.3, -0.25) is 19.6 Å². The van der Waals surface area contributed by atoms with Crippen LogP contribution in [0.1, 0.15) is 11.1 Å². The van der Waals surface area contributed by atoms with E-state index in [9.17, 15) is 9.59 Å². The summed E-state index contributed by atoms with van der Waals surface area (Å²) >= 11 is 6.46. The van der Waals surface area contributed by atoms with Crippen molar-refractivity contribution in [1.82, 2.24) is 9.97 Å². The fraction of sp³-hybridized carbons (Fsp3) is 0.200. The molecule has 2 aromatic heterocycles. The molecule has 0 bridgehead atoms.